The van der Waals surface area contributed by atoms with E-state index in [1.807, 2.05) is 75.9 Å². The molecule has 0 aliphatic carbocycles. The fourth-order valence-electron chi connectivity index (χ4n) is 5.90. The molecule has 226 valence electrons. The van der Waals surface area contributed by atoms with Gasteiger partial charge in [0.05, 0.1) is 18.1 Å². The zero-order valence-corrected chi connectivity index (χ0v) is 26.4. The van der Waals surface area contributed by atoms with E-state index in [9.17, 15) is 14.7 Å². The molecular weight excluding hydrogens is 564 g/mol. The van der Waals surface area contributed by atoms with Crippen molar-refractivity contribution in [3.8, 4) is 16.9 Å². The van der Waals surface area contributed by atoms with E-state index < -0.39 is 11.6 Å². The Morgan fingerprint density at radius 1 is 1.12 bits per heavy atom. The number of likely N-dealkylation sites (N-methyl/N-ethyl adjacent to an activating group) is 1. The summed E-state index contributed by atoms with van der Waals surface area (Å²) in [5.74, 6) is 0.0360. The van der Waals surface area contributed by atoms with Crippen molar-refractivity contribution in [2.45, 2.75) is 65.1 Å². The molecule has 1 saturated heterocycles. The fraction of sp³-hybridized carbons (Fsp3) is 0.382. The minimum Gasteiger partial charge on any atom is -0.508 e. The van der Waals surface area contributed by atoms with Crippen LogP contribution in [0, 0.1) is 13.8 Å². The van der Waals surface area contributed by atoms with E-state index in [0.29, 0.717) is 23.8 Å². The molecule has 3 aromatic carbocycles. The van der Waals surface area contributed by atoms with Crippen LogP contribution >= 0.6 is 11.6 Å². The van der Waals surface area contributed by atoms with Crippen molar-refractivity contribution in [2.24, 2.45) is 4.99 Å². The average Bonchev–Trinajstić information content (AvgIpc) is 3.38. The number of carbonyl (C=O) groups excluding carboxylic acids is 2. The second kappa shape index (κ2) is 11.9. The molecular formula is C34H39ClN4O4. The Labute approximate surface area is 258 Å². The molecule has 2 heterocycles. The summed E-state index contributed by atoms with van der Waals surface area (Å²) in [4.78, 5) is 37.5. The largest absolute Gasteiger partial charge is 0.508 e. The molecule has 9 heteroatoms. The highest BCUT2D eigenvalue weighted by Crippen LogP contribution is 2.42. The van der Waals surface area contributed by atoms with Crippen LogP contribution in [-0.4, -0.2) is 65.0 Å². The van der Waals surface area contributed by atoms with Crippen molar-refractivity contribution in [3.63, 3.8) is 0 Å². The second-order valence-electron chi connectivity index (χ2n) is 12.5. The Morgan fingerprint density at radius 2 is 1.88 bits per heavy atom. The van der Waals surface area contributed by atoms with Crippen molar-refractivity contribution in [2.75, 3.05) is 25.0 Å². The maximum absolute atomic E-state index is 14.5. The molecule has 1 N–H and O–H groups in total. The molecule has 43 heavy (non-hydrogen) atoms. The van der Waals surface area contributed by atoms with E-state index in [1.54, 1.807) is 41.4 Å². The van der Waals surface area contributed by atoms with Crippen molar-refractivity contribution >= 4 is 41.3 Å². The average molecular weight is 603 g/mol. The van der Waals surface area contributed by atoms with Crippen LogP contribution in [0.1, 0.15) is 56.3 Å². The maximum atomic E-state index is 14.5. The van der Waals surface area contributed by atoms with Gasteiger partial charge in [0.25, 0.3) is 0 Å². The fourth-order valence-corrected chi connectivity index (χ4v) is 6.18. The number of phenols is 1. The van der Waals surface area contributed by atoms with Gasteiger partial charge >= 0.3 is 6.09 Å². The number of likely N-dealkylation sites (tertiary alicyclic amines) is 1. The smallest absolute Gasteiger partial charge is 0.410 e. The van der Waals surface area contributed by atoms with Crippen LogP contribution in [0.3, 0.4) is 0 Å². The highest BCUT2D eigenvalue weighted by molar-refractivity contribution is 6.31. The first kappa shape index (κ1) is 30.4. The van der Waals surface area contributed by atoms with Crippen molar-refractivity contribution in [3.05, 3.63) is 76.3 Å². The quantitative estimate of drug-likeness (QED) is 0.329. The van der Waals surface area contributed by atoms with Crippen molar-refractivity contribution in [1.29, 1.82) is 0 Å². The lowest BCUT2D eigenvalue weighted by Gasteiger charge is -2.37. The van der Waals surface area contributed by atoms with Crippen LogP contribution in [0.5, 0.6) is 5.75 Å². The first-order chi connectivity index (χ1) is 20.3. The van der Waals surface area contributed by atoms with Crippen LogP contribution in [0.25, 0.3) is 11.1 Å². The summed E-state index contributed by atoms with van der Waals surface area (Å²) >= 11 is 6.47. The third-order valence-electron chi connectivity index (χ3n) is 7.85. The Kier molecular flexibility index (Phi) is 8.43. The van der Waals surface area contributed by atoms with E-state index in [1.165, 1.54) is 0 Å². The van der Waals surface area contributed by atoms with Crippen LogP contribution in [0.2, 0.25) is 5.02 Å². The maximum Gasteiger partial charge on any atom is 0.410 e. The van der Waals surface area contributed by atoms with Gasteiger partial charge in [-0.2, -0.15) is 0 Å². The topological polar surface area (TPSA) is 85.7 Å². The first-order valence-electron chi connectivity index (χ1n) is 14.6. The van der Waals surface area contributed by atoms with E-state index >= 15 is 0 Å². The number of aromatic hydroxyl groups is 1. The summed E-state index contributed by atoms with van der Waals surface area (Å²) in [7, 11) is 1.78. The van der Waals surface area contributed by atoms with Gasteiger partial charge in [-0.1, -0.05) is 23.7 Å². The van der Waals surface area contributed by atoms with Crippen LogP contribution < -0.4 is 4.90 Å². The van der Waals surface area contributed by atoms with Gasteiger partial charge in [0.1, 0.15) is 17.4 Å². The minimum absolute atomic E-state index is 0.133. The number of fused-ring (bicyclic) bond motifs is 1. The highest BCUT2D eigenvalue weighted by atomic mass is 35.5. The van der Waals surface area contributed by atoms with Gasteiger partial charge in [0, 0.05) is 36.4 Å². The molecule has 0 bridgehead atoms. The van der Waals surface area contributed by atoms with Crippen molar-refractivity contribution < 1.29 is 19.4 Å². The Balaban J connectivity index is 1.53. The van der Waals surface area contributed by atoms with Gasteiger partial charge in [-0.3, -0.25) is 4.79 Å². The number of ether oxygens (including phenoxy) is 1. The van der Waals surface area contributed by atoms with Crippen LogP contribution in [-0.2, 0) is 9.53 Å². The SMILES string of the molecule is Cc1cc(Cl)cc(N2C=Nc3cc(C)c(-c4cccc(O)c4)cc3C2C(=O)N(C)C[C@@H]2CCCN2C(=O)OC(C)(C)C)c1. The standard InChI is InChI=1S/C34H39ClN4O4/c1-21-13-24(35)17-26(14-21)39-20-36-30-15-22(2)28(23-9-7-11-27(40)16-23)18-29(30)31(39)32(41)37(6)19-25-10-8-12-38(25)33(42)43-34(3,4)5/h7,9,11,13-18,20,25,31,40H,8,10,12,19H2,1-6H3/t25-,31?/m0/s1. The second-order valence-corrected chi connectivity index (χ2v) is 12.9. The number of carbonyl (C=O) groups is 2. The first-order valence-corrected chi connectivity index (χ1v) is 15.0. The van der Waals surface area contributed by atoms with E-state index in [2.05, 4.69) is 0 Å². The normalized spacial score (nSPS) is 18.0. The summed E-state index contributed by atoms with van der Waals surface area (Å²) < 4.78 is 5.66. The third-order valence-corrected chi connectivity index (χ3v) is 8.07. The molecule has 2 aliphatic heterocycles. The molecule has 1 unspecified atom stereocenters. The van der Waals surface area contributed by atoms with E-state index in [0.717, 1.165) is 46.3 Å². The number of amides is 2. The van der Waals surface area contributed by atoms with Gasteiger partial charge in [0.15, 0.2) is 0 Å². The molecule has 3 aromatic rings. The lowest BCUT2D eigenvalue weighted by atomic mass is 9.91. The zero-order chi connectivity index (χ0) is 31.1. The molecule has 2 atom stereocenters. The van der Waals surface area contributed by atoms with Crippen LogP contribution in [0.15, 0.2) is 59.6 Å². The van der Waals surface area contributed by atoms with Gasteiger partial charge in [-0.15, -0.1) is 0 Å². The van der Waals surface area contributed by atoms with Crippen molar-refractivity contribution in [1.82, 2.24) is 9.80 Å². The van der Waals surface area contributed by atoms with Gasteiger partial charge < -0.3 is 24.5 Å². The molecule has 0 aromatic heterocycles. The molecule has 8 nitrogen and oxygen atoms in total. The predicted octanol–water partition coefficient (Wildman–Crippen LogP) is 7.41. The number of nitrogens with zero attached hydrogens (tertiary/aromatic N) is 4. The summed E-state index contributed by atoms with van der Waals surface area (Å²) in [5, 5.41) is 10.7. The van der Waals surface area contributed by atoms with Crippen LogP contribution in [0.4, 0.5) is 16.2 Å². The predicted molar refractivity (Wildman–Crippen MR) is 171 cm³/mol. The number of hydrogen-bond donors (Lipinski definition) is 1. The number of anilines is 1. The Morgan fingerprint density at radius 3 is 2.58 bits per heavy atom. The molecule has 0 saturated carbocycles. The highest BCUT2D eigenvalue weighted by Gasteiger charge is 2.38. The summed E-state index contributed by atoms with van der Waals surface area (Å²) in [6, 6.07) is 15.9. The monoisotopic (exact) mass is 602 g/mol. The van der Waals surface area contributed by atoms with Gasteiger partial charge in [-0.05, 0) is 112 Å². The molecule has 2 amide bonds. The number of halogens is 1. The lowest BCUT2D eigenvalue weighted by Crippen LogP contribution is -2.48. The number of aliphatic imine (C=N–C) groups is 1. The molecule has 2 aliphatic rings. The summed E-state index contributed by atoms with van der Waals surface area (Å²) in [6.07, 6.45) is 2.98. The van der Waals surface area contributed by atoms with E-state index in [4.69, 9.17) is 21.3 Å². The lowest BCUT2D eigenvalue weighted by molar-refractivity contribution is -0.132. The summed E-state index contributed by atoms with van der Waals surface area (Å²) in [6.45, 7) is 10.5. The number of rotatable bonds is 5. The minimum atomic E-state index is -0.733. The third kappa shape index (κ3) is 6.64. The number of hydrogen-bond acceptors (Lipinski definition) is 6. The molecule has 1 fully saturated rings. The number of aryl methyl sites for hydroxylation is 2. The Bertz CT molecular complexity index is 1560. The van der Waals surface area contributed by atoms with E-state index in [-0.39, 0.29) is 23.8 Å². The summed E-state index contributed by atoms with van der Waals surface area (Å²) in [5.41, 5.74) is 5.30. The zero-order valence-electron chi connectivity index (χ0n) is 25.6. The number of benzene rings is 3. The van der Waals surface area contributed by atoms with Gasteiger partial charge in [-0.25, -0.2) is 9.79 Å². The molecule has 0 radical (unpaired) electrons. The van der Waals surface area contributed by atoms with Gasteiger partial charge in [0.2, 0.25) is 5.91 Å². The Hall–Kier alpha value is -4.04. The molecule has 0 spiro atoms. The number of phenolic OH excluding ortho intramolecular Hbond substituents is 1. The molecule has 5 rings (SSSR count).